The molecule has 0 aliphatic rings. The third kappa shape index (κ3) is 2.22. The first-order valence-corrected chi connectivity index (χ1v) is 7.96. The van der Waals surface area contributed by atoms with E-state index in [1.165, 1.54) is 4.70 Å². The number of nitrogens with zero attached hydrogens (tertiary/aromatic N) is 3. The van der Waals surface area contributed by atoms with Crippen LogP contribution in [0.4, 0.5) is 5.69 Å². The molecule has 2 aromatic heterocycles. The zero-order valence-electron chi connectivity index (χ0n) is 12.4. The molecule has 4 heteroatoms. The van der Waals surface area contributed by atoms with Crippen LogP contribution < -0.4 is 4.90 Å². The molecule has 0 saturated heterocycles. The van der Waals surface area contributed by atoms with Crippen LogP contribution >= 0.6 is 11.3 Å². The Labute approximate surface area is 132 Å². The molecular weight excluding hydrogens is 290 g/mol. The van der Waals surface area contributed by atoms with Crippen LogP contribution in [0.3, 0.4) is 0 Å². The first kappa shape index (κ1) is 13.2. The molecule has 0 fully saturated rings. The summed E-state index contributed by atoms with van der Waals surface area (Å²) in [5.41, 5.74) is 4.14. The van der Waals surface area contributed by atoms with Gasteiger partial charge in [-0.15, -0.1) is 11.3 Å². The second-order valence-electron chi connectivity index (χ2n) is 5.45. The molecule has 0 bridgehead atoms. The molecule has 3 nitrogen and oxygen atoms in total. The Morgan fingerprint density at radius 3 is 2.59 bits per heavy atom. The lowest BCUT2D eigenvalue weighted by Gasteiger charge is -2.11. The van der Waals surface area contributed by atoms with E-state index in [0.717, 1.165) is 32.8 Å². The lowest BCUT2D eigenvalue weighted by Crippen LogP contribution is -2.07. The maximum atomic E-state index is 4.76. The SMILES string of the molecule is CN(C)c1ccc2sc(-c3ccc4ccccc4n3)nc2c1. The smallest absolute Gasteiger partial charge is 0.143 e. The first-order chi connectivity index (χ1) is 10.7. The summed E-state index contributed by atoms with van der Waals surface area (Å²) < 4.78 is 1.19. The number of rotatable bonds is 2. The minimum absolute atomic E-state index is 0.936. The van der Waals surface area contributed by atoms with Crippen LogP contribution in [-0.2, 0) is 0 Å². The number of anilines is 1. The molecule has 0 atom stereocenters. The van der Waals surface area contributed by atoms with E-state index in [1.54, 1.807) is 11.3 Å². The fraction of sp³-hybridized carbons (Fsp3) is 0.111. The van der Waals surface area contributed by atoms with E-state index >= 15 is 0 Å². The van der Waals surface area contributed by atoms with E-state index in [1.807, 2.05) is 38.4 Å². The number of hydrogen-bond donors (Lipinski definition) is 0. The summed E-state index contributed by atoms with van der Waals surface area (Å²) in [6.07, 6.45) is 0. The van der Waals surface area contributed by atoms with Gasteiger partial charge in [0.25, 0.3) is 0 Å². The zero-order valence-corrected chi connectivity index (χ0v) is 13.3. The molecule has 2 aromatic carbocycles. The van der Waals surface area contributed by atoms with E-state index < -0.39 is 0 Å². The van der Waals surface area contributed by atoms with Crippen LogP contribution in [0.5, 0.6) is 0 Å². The highest BCUT2D eigenvalue weighted by molar-refractivity contribution is 7.21. The van der Waals surface area contributed by atoms with Crippen molar-refractivity contribution in [2.75, 3.05) is 19.0 Å². The number of aromatic nitrogens is 2. The molecule has 4 aromatic rings. The predicted octanol–water partition coefficient (Wildman–Crippen LogP) is 4.58. The quantitative estimate of drug-likeness (QED) is 0.543. The third-order valence-corrected chi connectivity index (χ3v) is 4.76. The molecule has 0 saturated carbocycles. The summed E-state index contributed by atoms with van der Waals surface area (Å²) in [4.78, 5) is 11.6. The van der Waals surface area contributed by atoms with Crippen LogP contribution in [-0.4, -0.2) is 24.1 Å². The second-order valence-corrected chi connectivity index (χ2v) is 6.49. The monoisotopic (exact) mass is 305 g/mol. The van der Waals surface area contributed by atoms with Crippen molar-refractivity contribution in [3.05, 3.63) is 54.6 Å². The Balaban J connectivity index is 1.84. The maximum Gasteiger partial charge on any atom is 0.143 e. The summed E-state index contributed by atoms with van der Waals surface area (Å²) in [6, 6.07) is 18.7. The number of benzene rings is 2. The third-order valence-electron chi connectivity index (χ3n) is 3.71. The van der Waals surface area contributed by atoms with Crippen LogP contribution in [0.1, 0.15) is 0 Å². The second kappa shape index (κ2) is 5.07. The van der Waals surface area contributed by atoms with E-state index in [4.69, 9.17) is 9.97 Å². The minimum Gasteiger partial charge on any atom is -0.378 e. The molecule has 2 heterocycles. The fourth-order valence-corrected chi connectivity index (χ4v) is 3.40. The van der Waals surface area contributed by atoms with Gasteiger partial charge in [0.2, 0.25) is 0 Å². The molecule has 4 rings (SSSR count). The topological polar surface area (TPSA) is 29.0 Å². The molecule has 0 aliphatic heterocycles. The van der Waals surface area contributed by atoms with E-state index in [0.29, 0.717) is 0 Å². The van der Waals surface area contributed by atoms with Gasteiger partial charge in [-0.05, 0) is 30.3 Å². The van der Waals surface area contributed by atoms with E-state index in [-0.39, 0.29) is 0 Å². The Kier molecular flexibility index (Phi) is 3.05. The van der Waals surface area contributed by atoms with E-state index in [2.05, 4.69) is 35.2 Å². The van der Waals surface area contributed by atoms with Gasteiger partial charge < -0.3 is 4.90 Å². The number of para-hydroxylation sites is 1. The van der Waals surface area contributed by atoms with Gasteiger partial charge in [0.1, 0.15) is 5.01 Å². The van der Waals surface area contributed by atoms with Crippen LogP contribution in [0.15, 0.2) is 54.6 Å². The van der Waals surface area contributed by atoms with Crippen LogP contribution in [0.25, 0.3) is 31.8 Å². The summed E-state index contributed by atoms with van der Waals surface area (Å²) in [5.74, 6) is 0. The van der Waals surface area contributed by atoms with Gasteiger partial charge >= 0.3 is 0 Å². The lowest BCUT2D eigenvalue weighted by molar-refractivity contribution is 1.13. The molecule has 0 radical (unpaired) electrons. The van der Waals surface area contributed by atoms with Crippen molar-refractivity contribution < 1.29 is 0 Å². The standard InChI is InChI=1S/C18H15N3S/c1-21(2)13-8-10-17-16(11-13)20-18(22-17)15-9-7-12-5-3-4-6-14(12)19-15/h3-11H,1-2H3. The number of pyridine rings is 1. The Morgan fingerprint density at radius 1 is 0.864 bits per heavy atom. The molecule has 0 aliphatic carbocycles. The van der Waals surface area contributed by atoms with Crippen molar-refractivity contribution in [1.82, 2.24) is 9.97 Å². The van der Waals surface area contributed by atoms with Crippen molar-refractivity contribution >= 4 is 38.1 Å². The van der Waals surface area contributed by atoms with Gasteiger partial charge in [0, 0.05) is 25.2 Å². The van der Waals surface area contributed by atoms with E-state index in [9.17, 15) is 0 Å². The molecule has 0 unspecified atom stereocenters. The average molecular weight is 305 g/mol. The molecule has 0 N–H and O–H groups in total. The maximum absolute atomic E-state index is 4.76. The largest absolute Gasteiger partial charge is 0.378 e. The summed E-state index contributed by atoms with van der Waals surface area (Å²) in [7, 11) is 4.08. The summed E-state index contributed by atoms with van der Waals surface area (Å²) >= 11 is 1.69. The number of hydrogen-bond acceptors (Lipinski definition) is 4. The fourth-order valence-electron chi connectivity index (χ4n) is 2.49. The minimum atomic E-state index is 0.936. The highest BCUT2D eigenvalue weighted by Gasteiger charge is 2.09. The van der Waals surface area contributed by atoms with Gasteiger partial charge in [-0.1, -0.05) is 24.3 Å². The predicted molar refractivity (Wildman–Crippen MR) is 94.7 cm³/mol. The average Bonchev–Trinajstić information content (AvgIpc) is 2.97. The Hall–Kier alpha value is -2.46. The normalized spacial score (nSPS) is 11.2. The number of fused-ring (bicyclic) bond motifs is 2. The molecular formula is C18H15N3S. The van der Waals surface area contributed by atoms with Crippen LogP contribution in [0, 0.1) is 0 Å². The summed E-state index contributed by atoms with van der Waals surface area (Å²) in [6.45, 7) is 0. The lowest BCUT2D eigenvalue weighted by atomic mass is 10.2. The zero-order chi connectivity index (χ0) is 15.1. The number of thiazole rings is 1. The van der Waals surface area contributed by atoms with Crippen molar-refractivity contribution in [2.24, 2.45) is 0 Å². The van der Waals surface area contributed by atoms with Crippen molar-refractivity contribution in [1.29, 1.82) is 0 Å². The van der Waals surface area contributed by atoms with Gasteiger partial charge in [0.05, 0.1) is 21.4 Å². The van der Waals surface area contributed by atoms with Crippen molar-refractivity contribution in [3.63, 3.8) is 0 Å². The van der Waals surface area contributed by atoms with Gasteiger partial charge in [-0.25, -0.2) is 9.97 Å². The molecule has 0 amide bonds. The first-order valence-electron chi connectivity index (χ1n) is 7.15. The van der Waals surface area contributed by atoms with Crippen LogP contribution in [0.2, 0.25) is 0 Å². The molecule has 22 heavy (non-hydrogen) atoms. The van der Waals surface area contributed by atoms with Gasteiger partial charge in [0.15, 0.2) is 0 Å². The van der Waals surface area contributed by atoms with Gasteiger partial charge in [-0.2, -0.15) is 0 Å². The van der Waals surface area contributed by atoms with Crippen molar-refractivity contribution in [2.45, 2.75) is 0 Å². The highest BCUT2D eigenvalue weighted by atomic mass is 32.1. The van der Waals surface area contributed by atoms with Gasteiger partial charge in [-0.3, -0.25) is 0 Å². The summed E-state index contributed by atoms with van der Waals surface area (Å²) in [5, 5.41) is 2.12. The molecule has 0 spiro atoms. The Morgan fingerprint density at radius 2 is 1.73 bits per heavy atom. The molecule has 108 valence electrons. The Bertz CT molecular complexity index is 972. The highest BCUT2D eigenvalue weighted by Crippen LogP contribution is 2.31. The van der Waals surface area contributed by atoms with Crippen molar-refractivity contribution in [3.8, 4) is 10.7 Å².